The van der Waals surface area contributed by atoms with Gasteiger partial charge in [0.15, 0.2) is 5.82 Å². The van der Waals surface area contributed by atoms with Crippen LogP contribution in [0.15, 0.2) is 16.9 Å². The molecule has 1 aliphatic heterocycles. The van der Waals surface area contributed by atoms with E-state index in [0.717, 1.165) is 50.3 Å². The van der Waals surface area contributed by atoms with Crippen molar-refractivity contribution in [2.75, 3.05) is 0 Å². The van der Waals surface area contributed by atoms with Crippen LogP contribution in [-0.2, 0) is 26.1 Å². The summed E-state index contributed by atoms with van der Waals surface area (Å²) < 4.78 is 3.45. The standard InChI is InChI=1S/C17H24N6O2/c1-2-3-11-23-16(24)9-8-13(21-23)17(25)18-12-15-20-19-14-7-5-4-6-10-22(14)15/h8-9H,2-7,10-12H2,1H3,(H,18,25). The SMILES string of the molecule is CCCCn1nc(C(=O)NCc2nnc3n2CCCCC3)ccc1=O. The third-order valence-corrected chi connectivity index (χ3v) is 4.42. The highest BCUT2D eigenvalue weighted by Crippen LogP contribution is 2.14. The number of nitrogens with zero attached hydrogens (tertiary/aromatic N) is 5. The summed E-state index contributed by atoms with van der Waals surface area (Å²) in [6.45, 7) is 3.77. The molecule has 3 heterocycles. The lowest BCUT2D eigenvalue weighted by Crippen LogP contribution is -2.30. The number of amides is 1. The molecule has 8 heteroatoms. The predicted molar refractivity (Wildman–Crippen MR) is 92.2 cm³/mol. The Hall–Kier alpha value is -2.51. The molecular formula is C17H24N6O2. The smallest absolute Gasteiger partial charge is 0.272 e. The maximum Gasteiger partial charge on any atom is 0.272 e. The lowest BCUT2D eigenvalue weighted by Gasteiger charge is -2.09. The molecule has 0 bridgehead atoms. The van der Waals surface area contributed by atoms with E-state index >= 15 is 0 Å². The first-order valence-corrected chi connectivity index (χ1v) is 8.96. The van der Waals surface area contributed by atoms with Gasteiger partial charge in [-0.15, -0.1) is 10.2 Å². The van der Waals surface area contributed by atoms with Crippen molar-refractivity contribution in [2.45, 2.75) is 65.1 Å². The summed E-state index contributed by atoms with van der Waals surface area (Å²) in [4.78, 5) is 24.2. The number of carbonyl (C=O) groups excluding carboxylic acids is 1. The Labute approximate surface area is 146 Å². The first-order valence-electron chi connectivity index (χ1n) is 8.96. The quantitative estimate of drug-likeness (QED) is 0.852. The maximum absolute atomic E-state index is 12.4. The number of carbonyl (C=O) groups is 1. The summed E-state index contributed by atoms with van der Waals surface area (Å²) in [6, 6.07) is 2.85. The van der Waals surface area contributed by atoms with Crippen molar-refractivity contribution >= 4 is 5.91 Å². The average Bonchev–Trinajstić information content (AvgIpc) is 2.85. The zero-order valence-corrected chi connectivity index (χ0v) is 14.6. The van der Waals surface area contributed by atoms with Crippen LogP contribution >= 0.6 is 0 Å². The minimum Gasteiger partial charge on any atom is -0.343 e. The van der Waals surface area contributed by atoms with Gasteiger partial charge in [0.2, 0.25) is 0 Å². The Bertz CT molecular complexity index is 795. The summed E-state index contributed by atoms with van der Waals surface area (Å²) in [5.74, 6) is 1.45. The van der Waals surface area contributed by atoms with Crippen molar-refractivity contribution in [3.63, 3.8) is 0 Å². The van der Waals surface area contributed by atoms with E-state index in [1.165, 1.54) is 23.2 Å². The van der Waals surface area contributed by atoms with Gasteiger partial charge in [-0.3, -0.25) is 9.59 Å². The van der Waals surface area contributed by atoms with Gasteiger partial charge in [0.1, 0.15) is 11.5 Å². The molecule has 1 amide bonds. The molecule has 0 unspecified atom stereocenters. The van der Waals surface area contributed by atoms with Gasteiger partial charge in [-0.25, -0.2) is 4.68 Å². The van der Waals surface area contributed by atoms with Gasteiger partial charge in [0, 0.05) is 25.6 Å². The normalized spacial score (nSPS) is 14.0. The number of unbranched alkanes of at least 4 members (excludes halogenated alkanes) is 1. The molecule has 2 aromatic heterocycles. The first-order chi connectivity index (χ1) is 12.2. The molecule has 3 rings (SSSR count). The molecule has 0 fully saturated rings. The Kier molecular flexibility index (Phi) is 5.57. The highest BCUT2D eigenvalue weighted by atomic mass is 16.2. The minimum absolute atomic E-state index is 0.187. The molecule has 0 aliphatic carbocycles. The lowest BCUT2D eigenvalue weighted by molar-refractivity contribution is 0.0941. The van der Waals surface area contributed by atoms with E-state index in [1.54, 1.807) is 0 Å². The fourth-order valence-corrected chi connectivity index (χ4v) is 2.96. The van der Waals surface area contributed by atoms with E-state index < -0.39 is 0 Å². The van der Waals surface area contributed by atoms with Gasteiger partial charge in [-0.2, -0.15) is 5.10 Å². The Morgan fingerprint density at radius 1 is 1.24 bits per heavy atom. The van der Waals surface area contributed by atoms with Crippen LogP contribution in [-0.4, -0.2) is 30.5 Å². The second-order valence-electron chi connectivity index (χ2n) is 6.31. The molecule has 0 spiro atoms. The fraction of sp³-hybridized carbons (Fsp3) is 0.588. The third-order valence-electron chi connectivity index (χ3n) is 4.42. The largest absolute Gasteiger partial charge is 0.343 e. The summed E-state index contributed by atoms with van der Waals surface area (Å²) in [7, 11) is 0. The second-order valence-corrected chi connectivity index (χ2v) is 6.31. The van der Waals surface area contributed by atoms with E-state index in [4.69, 9.17) is 0 Å². The molecule has 0 aromatic carbocycles. The van der Waals surface area contributed by atoms with E-state index in [0.29, 0.717) is 13.1 Å². The van der Waals surface area contributed by atoms with Crippen LogP contribution in [0.1, 0.15) is 61.2 Å². The molecular weight excluding hydrogens is 320 g/mol. The number of nitrogens with one attached hydrogen (secondary N) is 1. The van der Waals surface area contributed by atoms with E-state index in [2.05, 4.69) is 25.2 Å². The van der Waals surface area contributed by atoms with Gasteiger partial charge in [0.25, 0.3) is 11.5 Å². The van der Waals surface area contributed by atoms with E-state index in [1.807, 2.05) is 6.92 Å². The summed E-state index contributed by atoms with van der Waals surface area (Å²) in [6.07, 6.45) is 6.18. The lowest BCUT2D eigenvalue weighted by atomic mass is 10.2. The molecule has 25 heavy (non-hydrogen) atoms. The van der Waals surface area contributed by atoms with Crippen LogP contribution < -0.4 is 10.9 Å². The van der Waals surface area contributed by atoms with Crippen molar-refractivity contribution in [1.29, 1.82) is 0 Å². The zero-order valence-electron chi connectivity index (χ0n) is 14.6. The van der Waals surface area contributed by atoms with Crippen molar-refractivity contribution in [2.24, 2.45) is 0 Å². The van der Waals surface area contributed by atoms with Crippen molar-refractivity contribution in [3.8, 4) is 0 Å². The number of hydrogen-bond donors (Lipinski definition) is 1. The summed E-state index contributed by atoms with van der Waals surface area (Å²) in [5.41, 5.74) is 0.0547. The van der Waals surface area contributed by atoms with Crippen LogP contribution in [0.2, 0.25) is 0 Å². The van der Waals surface area contributed by atoms with Gasteiger partial charge in [0.05, 0.1) is 6.54 Å². The Balaban J connectivity index is 1.67. The minimum atomic E-state index is -0.309. The van der Waals surface area contributed by atoms with Crippen molar-refractivity contribution in [3.05, 3.63) is 39.8 Å². The third kappa shape index (κ3) is 4.12. The van der Waals surface area contributed by atoms with Gasteiger partial charge in [-0.05, 0) is 25.3 Å². The summed E-state index contributed by atoms with van der Waals surface area (Å²) >= 11 is 0. The van der Waals surface area contributed by atoms with Crippen molar-refractivity contribution < 1.29 is 4.79 Å². The van der Waals surface area contributed by atoms with Crippen LogP contribution in [0, 0.1) is 0 Å². The van der Waals surface area contributed by atoms with Gasteiger partial charge >= 0.3 is 0 Å². The highest BCUT2D eigenvalue weighted by molar-refractivity contribution is 5.91. The average molecular weight is 344 g/mol. The number of aromatic nitrogens is 5. The molecule has 2 aromatic rings. The first kappa shape index (κ1) is 17.3. The second kappa shape index (κ2) is 8.04. The molecule has 1 N–H and O–H groups in total. The van der Waals surface area contributed by atoms with E-state index in [-0.39, 0.29) is 17.2 Å². The predicted octanol–water partition coefficient (Wildman–Crippen LogP) is 1.29. The fourth-order valence-electron chi connectivity index (χ4n) is 2.96. The van der Waals surface area contributed by atoms with Crippen LogP contribution in [0.4, 0.5) is 0 Å². The molecule has 8 nitrogen and oxygen atoms in total. The molecule has 0 radical (unpaired) electrons. The van der Waals surface area contributed by atoms with E-state index in [9.17, 15) is 9.59 Å². The molecule has 0 saturated heterocycles. The molecule has 0 atom stereocenters. The molecule has 134 valence electrons. The number of fused-ring (bicyclic) bond motifs is 1. The van der Waals surface area contributed by atoms with Crippen LogP contribution in [0.25, 0.3) is 0 Å². The number of hydrogen-bond acceptors (Lipinski definition) is 5. The maximum atomic E-state index is 12.4. The van der Waals surface area contributed by atoms with Crippen molar-refractivity contribution in [1.82, 2.24) is 29.9 Å². The molecule has 0 saturated carbocycles. The number of aryl methyl sites for hydroxylation is 2. The Morgan fingerprint density at radius 3 is 2.96 bits per heavy atom. The van der Waals surface area contributed by atoms with Crippen LogP contribution in [0.3, 0.4) is 0 Å². The van der Waals surface area contributed by atoms with Gasteiger partial charge in [-0.1, -0.05) is 19.8 Å². The monoisotopic (exact) mass is 344 g/mol. The zero-order chi connectivity index (χ0) is 17.6. The highest BCUT2D eigenvalue weighted by Gasteiger charge is 2.16. The number of rotatable bonds is 6. The molecule has 1 aliphatic rings. The van der Waals surface area contributed by atoms with Crippen LogP contribution in [0.5, 0.6) is 0 Å². The van der Waals surface area contributed by atoms with Gasteiger partial charge < -0.3 is 9.88 Å². The summed E-state index contributed by atoms with van der Waals surface area (Å²) in [5, 5.41) is 15.4. The Morgan fingerprint density at radius 2 is 2.12 bits per heavy atom. The topological polar surface area (TPSA) is 94.7 Å².